The average molecular weight is 263 g/mol. The van der Waals surface area contributed by atoms with Crippen LogP contribution in [-0.2, 0) is 16.1 Å². The zero-order valence-electron chi connectivity index (χ0n) is 12.6. The molecule has 1 atom stereocenters. The highest BCUT2D eigenvalue weighted by Crippen LogP contribution is 2.15. The molecule has 3 heteroatoms. The maximum Gasteiger partial charge on any atom is 0.310 e. The van der Waals surface area contributed by atoms with E-state index in [0.29, 0.717) is 0 Å². The monoisotopic (exact) mass is 263 g/mol. The van der Waals surface area contributed by atoms with E-state index in [-0.39, 0.29) is 17.8 Å². The van der Waals surface area contributed by atoms with Crippen molar-refractivity contribution in [3.63, 3.8) is 0 Å². The molecule has 0 aliphatic carbocycles. The second-order valence-corrected chi connectivity index (χ2v) is 5.56. The summed E-state index contributed by atoms with van der Waals surface area (Å²) in [6.07, 6.45) is 0. The van der Waals surface area contributed by atoms with Crippen molar-refractivity contribution in [3.8, 4) is 0 Å². The number of carbonyl (C=O) groups excluding carboxylic acids is 1. The number of benzene rings is 1. The van der Waals surface area contributed by atoms with Gasteiger partial charge < -0.3 is 9.64 Å². The fraction of sp³-hybridized carbons (Fsp3) is 0.562. The second-order valence-electron chi connectivity index (χ2n) is 5.56. The number of nitrogens with zero attached hydrogens (tertiary/aromatic N) is 1. The number of aryl methyl sites for hydroxylation is 1. The topological polar surface area (TPSA) is 29.5 Å². The van der Waals surface area contributed by atoms with Gasteiger partial charge >= 0.3 is 5.97 Å². The Bertz CT molecular complexity index is 415. The maximum atomic E-state index is 11.7. The highest BCUT2D eigenvalue weighted by atomic mass is 16.5. The first-order valence-electron chi connectivity index (χ1n) is 6.76. The molecule has 0 aliphatic rings. The molecule has 0 saturated heterocycles. The van der Waals surface area contributed by atoms with Gasteiger partial charge in [-0.1, -0.05) is 43.7 Å². The van der Waals surface area contributed by atoms with Gasteiger partial charge in [-0.3, -0.25) is 4.79 Å². The van der Waals surface area contributed by atoms with E-state index < -0.39 is 0 Å². The Morgan fingerprint density at radius 3 is 2.58 bits per heavy atom. The Morgan fingerprint density at radius 1 is 1.37 bits per heavy atom. The van der Waals surface area contributed by atoms with Crippen molar-refractivity contribution in [1.82, 2.24) is 4.90 Å². The lowest BCUT2D eigenvalue weighted by atomic mass is 9.95. The van der Waals surface area contributed by atoms with Gasteiger partial charge in [0, 0.05) is 13.1 Å². The van der Waals surface area contributed by atoms with Gasteiger partial charge in [-0.15, -0.1) is 0 Å². The number of hydrogen-bond donors (Lipinski definition) is 0. The molecule has 1 aromatic rings. The SMILES string of the molecule is COC(=O)C(CN(C)Cc1cccc(C)c1)C(C)C. The molecule has 1 rings (SSSR count). The van der Waals surface area contributed by atoms with E-state index in [9.17, 15) is 4.79 Å². The van der Waals surface area contributed by atoms with Crippen LogP contribution >= 0.6 is 0 Å². The summed E-state index contributed by atoms with van der Waals surface area (Å²) in [4.78, 5) is 13.9. The van der Waals surface area contributed by atoms with E-state index in [4.69, 9.17) is 4.74 Å². The molecule has 0 N–H and O–H groups in total. The highest BCUT2D eigenvalue weighted by Gasteiger charge is 2.24. The van der Waals surface area contributed by atoms with Gasteiger partial charge in [0.2, 0.25) is 0 Å². The summed E-state index contributed by atoms with van der Waals surface area (Å²) >= 11 is 0. The van der Waals surface area contributed by atoms with Gasteiger partial charge in [-0.25, -0.2) is 0 Å². The molecule has 0 fully saturated rings. The maximum absolute atomic E-state index is 11.7. The van der Waals surface area contributed by atoms with E-state index in [1.54, 1.807) is 0 Å². The summed E-state index contributed by atoms with van der Waals surface area (Å²) in [6, 6.07) is 8.46. The Balaban J connectivity index is 2.62. The predicted octanol–water partition coefficient (Wildman–Crippen LogP) is 2.87. The number of hydrogen-bond acceptors (Lipinski definition) is 3. The minimum Gasteiger partial charge on any atom is -0.469 e. The number of rotatable bonds is 6. The third kappa shape index (κ3) is 5.03. The normalized spacial score (nSPS) is 12.8. The van der Waals surface area contributed by atoms with Gasteiger partial charge in [0.25, 0.3) is 0 Å². The van der Waals surface area contributed by atoms with Crippen LogP contribution in [-0.4, -0.2) is 31.6 Å². The molecule has 0 bridgehead atoms. The van der Waals surface area contributed by atoms with E-state index in [2.05, 4.69) is 49.9 Å². The molecule has 19 heavy (non-hydrogen) atoms. The lowest BCUT2D eigenvalue weighted by molar-refractivity contribution is -0.147. The molecule has 0 heterocycles. The number of ether oxygens (including phenoxy) is 1. The predicted molar refractivity (Wildman–Crippen MR) is 77.9 cm³/mol. The van der Waals surface area contributed by atoms with Crippen molar-refractivity contribution in [2.75, 3.05) is 20.7 Å². The molecule has 0 spiro atoms. The smallest absolute Gasteiger partial charge is 0.310 e. The molecule has 1 aromatic carbocycles. The molecule has 0 aromatic heterocycles. The van der Waals surface area contributed by atoms with E-state index >= 15 is 0 Å². The zero-order chi connectivity index (χ0) is 14.4. The van der Waals surface area contributed by atoms with Crippen molar-refractivity contribution in [1.29, 1.82) is 0 Å². The van der Waals surface area contributed by atoms with Gasteiger partial charge in [-0.2, -0.15) is 0 Å². The molecular formula is C16H25NO2. The molecule has 106 valence electrons. The van der Waals surface area contributed by atoms with Crippen LogP contribution in [0.2, 0.25) is 0 Å². The van der Waals surface area contributed by atoms with Crippen LogP contribution in [0, 0.1) is 18.8 Å². The van der Waals surface area contributed by atoms with Crippen LogP contribution in [0.4, 0.5) is 0 Å². The summed E-state index contributed by atoms with van der Waals surface area (Å²) in [6.45, 7) is 7.78. The highest BCUT2D eigenvalue weighted by molar-refractivity contribution is 5.72. The summed E-state index contributed by atoms with van der Waals surface area (Å²) < 4.78 is 4.88. The molecule has 0 amide bonds. The third-order valence-corrected chi connectivity index (χ3v) is 3.35. The molecule has 0 radical (unpaired) electrons. The minimum atomic E-state index is -0.119. The zero-order valence-corrected chi connectivity index (χ0v) is 12.6. The van der Waals surface area contributed by atoms with Gasteiger partial charge in [0.05, 0.1) is 13.0 Å². The van der Waals surface area contributed by atoms with Gasteiger partial charge in [0.1, 0.15) is 0 Å². The number of esters is 1. The van der Waals surface area contributed by atoms with Crippen LogP contribution in [0.3, 0.4) is 0 Å². The Morgan fingerprint density at radius 2 is 2.05 bits per heavy atom. The summed E-state index contributed by atoms with van der Waals surface area (Å²) in [5, 5.41) is 0. The standard InChI is InChI=1S/C16H25NO2/c1-12(2)15(16(18)19-5)11-17(4)10-14-8-6-7-13(3)9-14/h6-9,12,15H,10-11H2,1-5H3. The van der Waals surface area contributed by atoms with Gasteiger partial charge in [-0.05, 0) is 25.5 Å². The van der Waals surface area contributed by atoms with Crippen molar-refractivity contribution in [2.24, 2.45) is 11.8 Å². The van der Waals surface area contributed by atoms with Crippen LogP contribution in [0.5, 0.6) is 0 Å². The first kappa shape index (κ1) is 15.7. The Hall–Kier alpha value is -1.35. The molecule has 0 saturated carbocycles. The lowest BCUT2D eigenvalue weighted by Gasteiger charge is -2.25. The largest absolute Gasteiger partial charge is 0.469 e. The molecule has 3 nitrogen and oxygen atoms in total. The van der Waals surface area contributed by atoms with Crippen molar-refractivity contribution in [3.05, 3.63) is 35.4 Å². The van der Waals surface area contributed by atoms with Crippen LogP contribution < -0.4 is 0 Å². The van der Waals surface area contributed by atoms with Crippen molar-refractivity contribution < 1.29 is 9.53 Å². The Kier molecular flexibility index (Phi) is 6.03. The molecule has 0 aliphatic heterocycles. The summed E-state index contributed by atoms with van der Waals surface area (Å²) in [5.74, 6) is 0.0957. The first-order valence-corrected chi connectivity index (χ1v) is 6.76. The Labute approximate surface area is 116 Å². The van der Waals surface area contributed by atoms with E-state index in [1.807, 2.05) is 7.05 Å². The summed E-state index contributed by atoms with van der Waals surface area (Å²) in [7, 11) is 3.50. The van der Waals surface area contributed by atoms with E-state index in [1.165, 1.54) is 18.2 Å². The fourth-order valence-corrected chi connectivity index (χ4v) is 2.23. The van der Waals surface area contributed by atoms with Crippen LogP contribution in [0.15, 0.2) is 24.3 Å². The fourth-order valence-electron chi connectivity index (χ4n) is 2.23. The van der Waals surface area contributed by atoms with E-state index in [0.717, 1.165) is 13.1 Å². The van der Waals surface area contributed by atoms with Crippen molar-refractivity contribution in [2.45, 2.75) is 27.3 Å². The lowest BCUT2D eigenvalue weighted by Crippen LogP contribution is -2.34. The number of carbonyl (C=O) groups is 1. The average Bonchev–Trinajstić information content (AvgIpc) is 2.34. The molecule has 1 unspecified atom stereocenters. The third-order valence-electron chi connectivity index (χ3n) is 3.35. The second kappa shape index (κ2) is 7.29. The molecular weight excluding hydrogens is 238 g/mol. The summed E-state index contributed by atoms with van der Waals surface area (Å²) in [5.41, 5.74) is 2.54. The van der Waals surface area contributed by atoms with Crippen LogP contribution in [0.25, 0.3) is 0 Å². The van der Waals surface area contributed by atoms with Crippen LogP contribution in [0.1, 0.15) is 25.0 Å². The number of methoxy groups -OCH3 is 1. The van der Waals surface area contributed by atoms with Crippen molar-refractivity contribution >= 4 is 5.97 Å². The van der Waals surface area contributed by atoms with Gasteiger partial charge in [0.15, 0.2) is 0 Å². The first-order chi connectivity index (χ1) is 8.93. The minimum absolute atomic E-state index is 0.0696. The quantitative estimate of drug-likeness (QED) is 0.739.